The zero-order valence-electron chi connectivity index (χ0n) is 9.22. The largest absolute Gasteiger partial charge is 0.334 e. The first-order valence-corrected chi connectivity index (χ1v) is 5.33. The molecule has 0 fully saturated rings. The lowest BCUT2D eigenvalue weighted by Gasteiger charge is -2.10. The number of hydrogen-bond donors (Lipinski definition) is 2. The molecule has 1 aromatic heterocycles. The maximum absolute atomic E-state index is 13.7. The molecule has 18 heavy (non-hydrogen) atoms. The highest BCUT2D eigenvalue weighted by Crippen LogP contribution is 2.26. The Hall–Kier alpha value is -1.95. The van der Waals surface area contributed by atoms with Gasteiger partial charge in [0, 0.05) is 0 Å². The Balaban J connectivity index is 2.50. The van der Waals surface area contributed by atoms with Crippen molar-refractivity contribution in [2.75, 3.05) is 5.32 Å². The van der Waals surface area contributed by atoms with Crippen molar-refractivity contribution < 1.29 is 8.78 Å². The maximum Gasteiger partial charge on any atom is 0.271 e. The summed E-state index contributed by atoms with van der Waals surface area (Å²) in [4.78, 5) is 17.2. The van der Waals surface area contributed by atoms with E-state index in [1.807, 2.05) is 0 Å². The van der Waals surface area contributed by atoms with Crippen molar-refractivity contribution in [2.24, 2.45) is 0 Å². The highest BCUT2D eigenvalue weighted by Gasteiger charge is 2.14. The van der Waals surface area contributed by atoms with Crippen molar-refractivity contribution in [1.29, 1.82) is 0 Å². The average Bonchev–Trinajstić information content (AvgIpc) is 2.35. The van der Waals surface area contributed by atoms with Crippen molar-refractivity contribution in [3.63, 3.8) is 0 Å². The van der Waals surface area contributed by atoms with E-state index < -0.39 is 22.9 Å². The van der Waals surface area contributed by atoms with Crippen LogP contribution >= 0.6 is 11.6 Å². The highest BCUT2D eigenvalue weighted by molar-refractivity contribution is 6.32. The topological polar surface area (TPSA) is 57.8 Å². The number of hydrogen-bond acceptors (Lipinski definition) is 3. The van der Waals surface area contributed by atoms with E-state index in [1.165, 1.54) is 13.0 Å². The monoisotopic (exact) mass is 271 g/mol. The molecule has 0 aliphatic rings. The molecule has 0 radical (unpaired) electrons. The zero-order valence-corrected chi connectivity index (χ0v) is 9.98. The molecule has 0 unspecified atom stereocenters. The molecule has 2 aromatic rings. The van der Waals surface area contributed by atoms with Crippen LogP contribution in [0.2, 0.25) is 5.02 Å². The molecule has 4 nitrogen and oxygen atoms in total. The number of anilines is 2. The van der Waals surface area contributed by atoms with Crippen LogP contribution in [0.4, 0.5) is 20.3 Å². The van der Waals surface area contributed by atoms with Gasteiger partial charge in [-0.2, -0.15) is 0 Å². The number of aromatic nitrogens is 2. The summed E-state index contributed by atoms with van der Waals surface area (Å²) in [6, 6.07) is 2.42. The van der Waals surface area contributed by atoms with Crippen molar-refractivity contribution in [2.45, 2.75) is 6.92 Å². The van der Waals surface area contributed by atoms with Crippen LogP contribution in [0.3, 0.4) is 0 Å². The van der Waals surface area contributed by atoms with Crippen LogP contribution < -0.4 is 10.9 Å². The van der Waals surface area contributed by atoms with Crippen LogP contribution in [0.15, 0.2) is 23.3 Å². The lowest BCUT2D eigenvalue weighted by molar-refractivity contribution is 0.584. The molecule has 7 heteroatoms. The summed E-state index contributed by atoms with van der Waals surface area (Å²) >= 11 is 5.67. The van der Waals surface area contributed by atoms with Gasteiger partial charge in [0.05, 0.1) is 6.33 Å². The molecular weight excluding hydrogens is 264 g/mol. The number of aromatic amines is 1. The van der Waals surface area contributed by atoms with Gasteiger partial charge in [0.2, 0.25) is 0 Å². The van der Waals surface area contributed by atoms with Gasteiger partial charge in [0.1, 0.15) is 16.5 Å². The van der Waals surface area contributed by atoms with E-state index in [0.29, 0.717) is 0 Å². The van der Waals surface area contributed by atoms with Gasteiger partial charge in [-0.1, -0.05) is 17.7 Å². The summed E-state index contributed by atoms with van der Waals surface area (Å²) in [6.45, 7) is 1.49. The molecule has 0 spiro atoms. The molecule has 0 bridgehead atoms. The first-order chi connectivity index (χ1) is 8.50. The Morgan fingerprint density at radius 1 is 1.39 bits per heavy atom. The Morgan fingerprint density at radius 2 is 2.11 bits per heavy atom. The molecule has 0 saturated heterocycles. The zero-order chi connectivity index (χ0) is 13.3. The number of rotatable bonds is 2. The molecule has 0 amide bonds. The quantitative estimate of drug-likeness (QED) is 0.883. The van der Waals surface area contributed by atoms with Gasteiger partial charge in [-0.15, -0.1) is 0 Å². The van der Waals surface area contributed by atoms with Crippen LogP contribution in [0.5, 0.6) is 0 Å². The number of aryl methyl sites for hydroxylation is 1. The Kier molecular flexibility index (Phi) is 3.29. The standard InChI is InChI=1S/C11H8ClF2N3O/c1-5-2-3-6(13)9(8(5)14)17-10-7(12)11(18)16-4-15-10/h2-4H,1H3,(H2,15,16,17,18). The lowest BCUT2D eigenvalue weighted by atomic mass is 10.2. The molecule has 0 aliphatic heterocycles. The van der Waals surface area contributed by atoms with E-state index in [-0.39, 0.29) is 16.4 Å². The first kappa shape index (κ1) is 12.5. The maximum atomic E-state index is 13.7. The average molecular weight is 272 g/mol. The fraction of sp³-hybridized carbons (Fsp3) is 0.0909. The lowest BCUT2D eigenvalue weighted by Crippen LogP contribution is -2.11. The Bertz CT molecular complexity index is 657. The van der Waals surface area contributed by atoms with E-state index in [0.717, 1.165) is 12.4 Å². The van der Waals surface area contributed by atoms with Gasteiger partial charge < -0.3 is 10.3 Å². The van der Waals surface area contributed by atoms with Crippen LogP contribution in [0, 0.1) is 18.6 Å². The minimum atomic E-state index is -0.795. The molecule has 1 heterocycles. The summed E-state index contributed by atoms with van der Waals surface area (Å²) in [5.74, 6) is -1.66. The summed E-state index contributed by atoms with van der Waals surface area (Å²) in [6.07, 6.45) is 1.09. The summed E-state index contributed by atoms with van der Waals surface area (Å²) in [5, 5.41) is 2.11. The number of halogens is 3. The van der Waals surface area contributed by atoms with E-state index >= 15 is 0 Å². The highest BCUT2D eigenvalue weighted by atomic mass is 35.5. The Labute approximate surface area is 106 Å². The van der Waals surface area contributed by atoms with Gasteiger partial charge in [0.15, 0.2) is 11.6 Å². The first-order valence-electron chi connectivity index (χ1n) is 4.95. The second-order valence-electron chi connectivity index (χ2n) is 3.57. The summed E-state index contributed by atoms with van der Waals surface area (Å²) < 4.78 is 27.2. The van der Waals surface area contributed by atoms with Crippen molar-refractivity contribution in [3.8, 4) is 0 Å². The van der Waals surface area contributed by atoms with Crippen molar-refractivity contribution >= 4 is 23.1 Å². The fourth-order valence-corrected chi connectivity index (χ4v) is 1.51. The number of nitrogens with one attached hydrogen (secondary N) is 2. The molecule has 1 aromatic carbocycles. The minimum absolute atomic E-state index is 0.108. The number of H-pyrrole nitrogens is 1. The molecule has 2 N–H and O–H groups in total. The SMILES string of the molecule is Cc1ccc(F)c(Nc2nc[nH]c(=O)c2Cl)c1F. The third kappa shape index (κ3) is 2.19. The molecule has 0 atom stereocenters. The predicted octanol–water partition coefficient (Wildman–Crippen LogP) is 2.75. The third-order valence-corrected chi connectivity index (χ3v) is 2.67. The fourth-order valence-electron chi connectivity index (χ4n) is 1.36. The smallest absolute Gasteiger partial charge is 0.271 e. The third-order valence-electron chi connectivity index (χ3n) is 2.32. The molecule has 0 aliphatic carbocycles. The van der Waals surface area contributed by atoms with Crippen LogP contribution in [0.25, 0.3) is 0 Å². The normalized spacial score (nSPS) is 10.4. The number of benzene rings is 1. The van der Waals surface area contributed by atoms with Gasteiger partial charge >= 0.3 is 0 Å². The summed E-state index contributed by atoms with van der Waals surface area (Å²) in [5.41, 5.74) is -0.725. The van der Waals surface area contributed by atoms with Gasteiger partial charge in [0.25, 0.3) is 5.56 Å². The second-order valence-corrected chi connectivity index (χ2v) is 3.95. The second kappa shape index (κ2) is 4.73. The van der Waals surface area contributed by atoms with Crippen LogP contribution in [-0.2, 0) is 0 Å². The van der Waals surface area contributed by atoms with E-state index in [4.69, 9.17) is 11.6 Å². The van der Waals surface area contributed by atoms with E-state index in [1.54, 1.807) is 0 Å². The van der Waals surface area contributed by atoms with Crippen molar-refractivity contribution in [1.82, 2.24) is 9.97 Å². The molecule has 0 saturated carbocycles. The van der Waals surface area contributed by atoms with Gasteiger partial charge in [-0.3, -0.25) is 4.79 Å². The van der Waals surface area contributed by atoms with Crippen LogP contribution in [0.1, 0.15) is 5.56 Å². The molecule has 2 rings (SSSR count). The van der Waals surface area contributed by atoms with E-state index in [9.17, 15) is 13.6 Å². The summed E-state index contributed by atoms with van der Waals surface area (Å²) in [7, 11) is 0. The Morgan fingerprint density at radius 3 is 2.83 bits per heavy atom. The minimum Gasteiger partial charge on any atom is -0.334 e. The predicted molar refractivity (Wildman–Crippen MR) is 64.2 cm³/mol. The van der Waals surface area contributed by atoms with Crippen molar-refractivity contribution in [3.05, 3.63) is 51.0 Å². The van der Waals surface area contributed by atoms with E-state index in [2.05, 4.69) is 15.3 Å². The van der Waals surface area contributed by atoms with Crippen LogP contribution in [-0.4, -0.2) is 9.97 Å². The number of nitrogens with zero attached hydrogens (tertiary/aromatic N) is 1. The van der Waals surface area contributed by atoms with Gasteiger partial charge in [-0.25, -0.2) is 13.8 Å². The van der Waals surface area contributed by atoms with Gasteiger partial charge in [-0.05, 0) is 18.6 Å². The molecular formula is C11H8ClF2N3O. The molecule has 94 valence electrons.